The molecule has 2 N–H and O–H groups in total. The summed E-state index contributed by atoms with van der Waals surface area (Å²) in [4.78, 5) is 14.8. The molecule has 1 aliphatic rings. The van der Waals surface area contributed by atoms with Crippen LogP contribution in [0.2, 0.25) is 0 Å². The summed E-state index contributed by atoms with van der Waals surface area (Å²) < 4.78 is 5.20. The summed E-state index contributed by atoms with van der Waals surface area (Å²) in [5.41, 5.74) is 2.96. The van der Waals surface area contributed by atoms with E-state index in [1.807, 2.05) is 12.1 Å². The molecule has 0 aliphatic carbocycles. The molecule has 1 amide bonds. The fourth-order valence-electron chi connectivity index (χ4n) is 3.17. The number of amides is 1. The Morgan fingerprint density at radius 3 is 2.36 bits per heavy atom. The minimum Gasteiger partial charge on any atom is -0.494 e. The molecular formula is C21H32N2O2. The largest absolute Gasteiger partial charge is 0.494 e. The maximum atomic E-state index is 11.4. The summed E-state index contributed by atoms with van der Waals surface area (Å²) in [5, 5.41) is 2.78. The first kappa shape index (κ1) is 19.4. The zero-order chi connectivity index (χ0) is 17.9. The van der Waals surface area contributed by atoms with Crippen molar-refractivity contribution in [1.82, 2.24) is 10.3 Å². The molecule has 2 heterocycles. The molecule has 0 bridgehead atoms. The number of hydrogen-bond acceptors (Lipinski definition) is 2. The van der Waals surface area contributed by atoms with E-state index in [2.05, 4.69) is 23.3 Å². The van der Waals surface area contributed by atoms with E-state index in [9.17, 15) is 4.79 Å². The molecule has 0 radical (unpaired) electrons. The molecule has 1 aliphatic heterocycles. The smallest absolute Gasteiger partial charge is 0.252 e. The van der Waals surface area contributed by atoms with Gasteiger partial charge in [-0.3, -0.25) is 4.79 Å². The van der Waals surface area contributed by atoms with Crippen molar-refractivity contribution >= 4 is 12.0 Å². The van der Waals surface area contributed by atoms with Crippen molar-refractivity contribution in [2.24, 2.45) is 0 Å². The van der Waals surface area contributed by atoms with Gasteiger partial charge >= 0.3 is 0 Å². The Bertz CT molecular complexity index is 599. The van der Waals surface area contributed by atoms with E-state index in [0.29, 0.717) is 11.5 Å². The van der Waals surface area contributed by atoms with Crippen molar-refractivity contribution in [3.63, 3.8) is 0 Å². The SMILES string of the molecule is CCCCCCCCCCCc1ccc(/C=C2\NC(=O)C=C2OC)[nH]1. The van der Waals surface area contributed by atoms with Crippen LogP contribution in [-0.2, 0) is 16.0 Å². The van der Waals surface area contributed by atoms with Crippen molar-refractivity contribution in [2.45, 2.75) is 71.1 Å². The molecule has 0 atom stereocenters. The van der Waals surface area contributed by atoms with Gasteiger partial charge in [0.15, 0.2) is 0 Å². The van der Waals surface area contributed by atoms with Crippen LogP contribution in [0.3, 0.4) is 0 Å². The molecule has 0 saturated heterocycles. The van der Waals surface area contributed by atoms with Crippen molar-refractivity contribution in [1.29, 1.82) is 0 Å². The number of ether oxygens (including phenoxy) is 1. The maximum absolute atomic E-state index is 11.4. The van der Waals surface area contributed by atoms with Gasteiger partial charge in [-0.25, -0.2) is 0 Å². The zero-order valence-corrected chi connectivity index (χ0v) is 15.7. The molecular weight excluding hydrogens is 312 g/mol. The van der Waals surface area contributed by atoms with Crippen LogP contribution >= 0.6 is 0 Å². The third-order valence-electron chi connectivity index (χ3n) is 4.62. The van der Waals surface area contributed by atoms with Gasteiger partial charge in [-0.2, -0.15) is 0 Å². The molecule has 25 heavy (non-hydrogen) atoms. The number of aryl methyl sites for hydroxylation is 1. The molecule has 2 rings (SSSR count). The van der Waals surface area contributed by atoms with Gasteiger partial charge in [0, 0.05) is 17.5 Å². The van der Waals surface area contributed by atoms with Crippen molar-refractivity contribution in [3.8, 4) is 0 Å². The minimum absolute atomic E-state index is 0.135. The molecule has 1 aromatic heterocycles. The van der Waals surface area contributed by atoms with Gasteiger partial charge in [0.2, 0.25) is 0 Å². The van der Waals surface area contributed by atoms with E-state index in [4.69, 9.17) is 4.74 Å². The summed E-state index contributed by atoms with van der Waals surface area (Å²) in [6, 6.07) is 4.18. The average Bonchev–Trinajstić information content (AvgIpc) is 3.19. The van der Waals surface area contributed by atoms with E-state index in [1.54, 1.807) is 7.11 Å². The standard InChI is InChI=1S/C21H32N2O2/c1-3-4-5-6-7-8-9-10-11-12-17-13-14-18(22-17)15-19-20(25-2)16-21(24)23-19/h13-16,22H,3-12H2,1-2H3,(H,23,24)/b19-15-. The summed E-state index contributed by atoms with van der Waals surface area (Å²) in [6.07, 6.45) is 16.6. The number of carbonyl (C=O) groups excluding carboxylic acids is 1. The summed E-state index contributed by atoms with van der Waals surface area (Å²) in [6.45, 7) is 2.26. The number of unbranched alkanes of at least 4 members (excludes halogenated alkanes) is 8. The molecule has 0 aromatic carbocycles. The van der Waals surface area contributed by atoms with Crippen LogP contribution in [0.15, 0.2) is 29.7 Å². The first-order chi connectivity index (χ1) is 12.2. The number of aromatic nitrogens is 1. The molecule has 0 saturated carbocycles. The van der Waals surface area contributed by atoms with Crippen LogP contribution in [0.5, 0.6) is 0 Å². The molecule has 0 spiro atoms. The van der Waals surface area contributed by atoms with E-state index in [1.165, 1.54) is 69.6 Å². The molecule has 0 unspecified atom stereocenters. The Labute approximate surface area is 151 Å². The van der Waals surface area contributed by atoms with Gasteiger partial charge in [-0.1, -0.05) is 58.3 Å². The molecule has 4 heteroatoms. The van der Waals surface area contributed by atoms with Crippen molar-refractivity contribution < 1.29 is 9.53 Å². The van der Waals surface area contributed by atoms with Gasteiger partial charge < -0.3 is 15.0 Å². The van der Waals surface area contributed by atoms with Crippen LogP contribution in [-0.4, -0.2) is 18.0 Å². The highest BCUT2D eigenvalue weighted by Crippen LogP contribution is 2.18. The normalized spacial score (nSPS) is 15.5. The van der Waals surface area contributed by atoms with E-state index in [-0.39, 0.29) is 5.91 Å². The second-order valence-electron chi connectivity index (χ2n) is 6.78. The Morgan fingerprint density at radius 2 is 1.68 bits per heavy atom. The molecule has 138 valence electrons. The summed E-state index contributed by atoms with van der Waals surface area (Å²) >= 11 is 0. The second-order valence-corrected chi connectivity index (χ2v) is 6.78. The van der Waals surface area contributed by atoms with Gasteiger partial charge in [-0.15, -0.1) is 0 Å². The lowest BCUT2D eigenvalue weighted by Crippen LogP contribution is -2.13. The molecule has 1 aromatic rings. The quantitative estimate of drug-likeness (QED) is 0.519. The third-order valence-corrected chi connectivity index (χ3v) is 4.62. The van der Waals surface area contributed by atoms with Crippen molar-refractivity contribution in [2.75, 3.05) is 7.11 Å². The lowest BCUT2D eigenvalue weighted by Gasteiger charge is -2.03. The highest BCUT2D eigenvalue weighted by Gasteiger charge is 2.17. The topological polar surface area (TPSA) is 54.1 Å². The predicted octanol–water partition coefficient (Wildman–Crippen LogP) is 5.09. The Morgan fingerprint density at radius 1 is 1.00 bits per heavy atom. The third kappa shape index (κ3) is 6.81. The number of carbonyl (C=O) groups is 1. The van der Waals surface area contributed by atoms with Crippen LogP contribution in [0, 0.1) is 0 Å². The second kappa shape index (κ2) is 10.8. The number of hydrogen-bond donors (Lipinski definition) is 2. The summed E-state index contributed by atoms with van der Waals surface area (Å²) in [5.74, 6) is 0.449. The van der Waals surface area contributed by atoms with Crippen LogP contribution < -0.4 is 5.32 Å². The van der Waals surface area contributed by atoms with Crippen LogP contribution in [0.1, 0.15) is 76.1 Å². The highest BCUT2D eigenvalue weighted by molar-refractivity contribution is 5.95. The first-order valence-corrected chi connectivity index (χ1v) is 9.69. The number of rotatable bonds is 12. The number of aromatic amines is 1. The fraction of sp³-hybridized carbons (Fsp3) is 0.571. The van der Waals surface area contributed by atoms with Crippen LogP contribution in [0.4, 0.5) is 0 Å². The van der Waals surface area contributed by atoms with Gasteiger partial charge in [-0.05, 0) is 31.1 Å². The molecule has 0 fully saturated rings. The summed E-state index contributed by atoms with van der Waals surface area (Å²) in [7, 11) is 1.57. The van der Waals surface area contributed by atoms with Crippen LogP contribution in [0.25, 0.3) is 6.08 Å². The van der Waals surface area contributed by atoms with E-state index in [0.717, 1.165) is 12.1 Å². The Balaban J connectivity index is 1.65. The Kier molecular flexibility index (Phi) is 8.36. The first-order valence-electron chi connectivity index (χ1n) is 9.69. The van der Waals surface area contributed by atoms with Gasteiger partial charge in [0.05, 0.1) is 12.8 Å². The maximum Gasteiger partial charge on any atom is 0.252 e. The molecule has 4 nitrogen and oxygen atoms in total. The van der Waals surface area contributed by atoms with Gasteiger partial charge in [0.25, 0.3) is 5.91 Å². The lowest BCUT2D eigenvalue weighted by atomic mass is 10.1. The van der Waals surface area contributed by atoms with Crippen molar-refractivity contribution in [3.05, 3.63) is 41.1 Å². The highest BCUT2D eigenvalue weighted by atomic mass is 16.5. The fourth-order valence-corrected chi connectivity index (χ4v) is 3.17. The van der Waals surface area contributed by atoms with Gasteiger partial charge in [0.1, 0.15) is 5.76 Å². The zero-order valence-electron chi connectivity index (χ0n) is 15.7. The average molecular weight is 344 g/mol. The van der Waals surface area contributed by atoms with E-state index >= 15 is 0 Å². The minimum atomic E-state index is -0.135. The monoisotopic (exact) mass is 344 g/mol. The Hall–Kier alpha value is -1.97. The predicted molar refractivity (Wildman–Crippen MR) is 103 cm³/mol. The number of nitrogens with one attached hydrogen (secondary N) is 2. The number of methoxy groups -OCH3 is 1. The van der Waals surface area contributed by atoms with E-state index < -0.39 is 0 Å². The lowest BCUT2D eigenvalue weighted by molar-refractivity contribution is -0.115. The number of H-pyrrole nitrogens is 1.